The molecule has 0 spiro atoms. The quantitative estimate of drug-likeness (QED) is 0.599. The number of hydrogen-bond acceptors (Lipinski definition) is 5. The highest BCUT2D eigenvalue weighted by Crippen LogP contribution is 2.29. The van der Waals surface area contributed by atoms with Gasteiger partial charge in [-0.3, -0.25) is 4.79 Å². The van der Waals surface area contributed by atoms with Crippen molar-refractivity contribution in [2.45, 2.75) is 25.3 Å². The minimum absolute atomic E-state index is 0.109. The third-order valence-electron chi connectivity index (χ3n) is 4.92. The predicted molar refractivity (Wildman–Crippen MR) is 109 cm³/mol. The fourth-order valence-electron chi connectivity index (χ4n) is 3.36. The monoisotopic (exact) mass is 408 g/mol. The van der Waals surface area contributed by atoms with Gasteiger partial charge < -0.3 is 16.0 Å². The largest absolute Gasteiger partial charge is 0.367 e. The Morgan fingerprint density at radius 1 is 1.20 bits per heavy atom. The molecule has 1 aliphatic carbocycles. The van der Waals surface area contributed by atoms with E-state index in [-0.39, 0.29) is 18.0 Å². The normalized spacial score (nSPS) is 17.6. The Hall–Kier alpha value is -3.75. The highest BCUT2D eigenvalue weighted by Gasteiger charge is 2.24. The van der Waals surface area contributed by atoms with Crippen molar-refractivity contribution in [1.82, 2.24) is 19.9 Å². The van der Waals surface area contributed by atoms with Crippen LogP contribution < -0.4 is 16.0 Å². The van der Waals surface area contributed by atoms with E-state index in [9.17, 15) is 13.6 Å². The average molecular weight is 408 g/mol. The molecule has 2 aromatic heterocycles. The van der Waals surface area contributed by atoms with Gasteiger partial charge in [0.1, 0.15) is 23.3 Å². The number of halogens is 2. The van der Waals surface area contributed by atoms with Crippen molar-refractivity contribution in [3.05, 3.63) is 65.5 Å². The summed E-state index contributed by atoms with van der Waals surface area (Å²) in [7, 11) is 0. The summed E-state index contributed by atoms with van der Waals surface area (Å²) in [5, 5.41) is 13.5. The maximum absolute atomic E-state index is 13.6. The van der Waals surface area contributed by atoms with E-state index in [0.717, 1.165) is 24.5 Å². The predicted octanol–water partition coefficient (Wildman–Crippen LogP) is 3.74. The summed E-state index contributed by atoms with van der Waals surface area (Å²) >= 11 is 0. The van der Waals surface area contributed by atoms with Crippen molar-refractivity contribution in [3.8, 4) is 0 Å². The summed E-state index contributed by atoms with van der Waals surface area (Å²) in [6.07, 6.45) is 5.85. The summed E-state index contributed by atoms with van der Waals surface area (Å²) in [6, 6.07) is 5.31. The van der Waals surface area contributed by atoms with Crippen molar-refractivity contribution >= 4 is 35.0 Å². The van der Waals surface area contributed by atoms with Crippen LogP contribution in [0.3, 0.4) is 0 Å². The molecule has 3 heterocycles. The maximum atomic E-state index is 13.6. The number of rotatable bonds is 5. The molecule has 152 valence electrons. The first kappa shape index (κ1) is 18.3. The molecule has 2 aliphatic rings. The lowest BCUT2D eigenvalue weighted by Gasteiger charge is -2.12. The van der Waals surface area contributed by atoms with Gasteiger partial charge in [-0.2, -0.15) is 9.61 Å². The Morgan fingerprint density at radius 3 is 2.63 bits per heavy atom. The Labute approximate surface area is 170 Å². The number of amides is 1. The standard InChI is InChI=1S/C21H18F2N6O/c1-11-12(5-20(30)25-11)4-13-10-24-29-19(27-16-2-3-16)9-18(28-21(13)29)26-17-7-14(22)6-15(23)8-17/h4,6-10,16,27H,1-3,5H2,(H,25,30)(H,26,28)/b12-4+. The maximum Gasteiger partial charge on any atom is 0.228 e. The van der Waals surface area contributed by atoms with Gasteiger partial charge >= 0.3 is 0 Å². The van der Waals surface area contributed by atoms with Crippen LogP contribution in [-0.2, 0) is 4.79 Å². The molecule has 3 aromatic rings. The molecule has 7 nitrogen and oxygen atoms in total. The summed E-state index contributed by atoms with van der Waals surface area (Å²) in [5.41, 5.74) is 2.81. The molecular formula is C21H18F2N6O. The van der Waals surface area contributed by atoms with E-state index in [1.165, 1.54) is 12.1 Å². The Balaban J connectivity index is 1.58. The van der Waals surface area contributed by atoms with Crippen LogP contribution in [-0.4, -0.2) is 26.5 Å². The molecule has 2 fully saturated rings. The fraction of sp³-hybridized carbons (Fsp3) is 0.190. The average Bonchev–Trinajstić information content (AvgIpc) is 3.30. The summed E-state index contributed by atoms with van der Waals surface area (Å²) in [6.45, 7) is 3.86. The van der Waals surface area contributed by atoms with Gasteiger partial charge in [-0.05, 0) is 36.6 Å². The molecule has 9 heteroatoms. The molecule has 30 heavy (non-hydrogen) atoms. The first-order chi connectivity index (χ1) is 14.4. The number of carbonyl (C=O) groups is 1. The lowest BCUT2D eigenvalue weighted by molar-refractivity contribution is -0.118. The van der Waals surface area contributed by atoms with Gasteiger partial charge in [0.05, 0.1) is 12.6 Å². The molecule has 5 rings (SSSR count). The topological polar surface area (TPSA) is 83.4 Å². The lowest BCUT2D eigenvalue weighted by atomic mass is 10.1. The second kappa shape index (κ2) is 6.94. The molecule has 1 aliphatic heterocycles. The van der Waals surface area contributed by atoms with Crippen LogP contribution in [0.15, 0.2) is 48.3 Å². The zero-order valence-electron chi connectivity index (χ0n) is 15.9. The second-order valence-corrected chi connectivity index (χ2v) is 7.44. The van der Waals surface area contributed by atoms with Gasteiger partial charge in [0, 0.05) is 35.1 Å². The minimum atomic E-state index is -0.679. The first-order valence-corrected chi connectivity index (χ1v) is 9.53. The molecule has 1 amide bonds. The molecule has 1 aromatic carbocycles. The van der Waals surface area contributed by atoms with E-state index >= 15 is 0 Å². The van der Waals surface area contributed by atoms with E-state index in [0.29, 0.717) is 34.6 Å². The number of benzene rings is 1. The van der Waals surface area contributed by atoms with Gasteiger partial charge in [-0.1, -0.05) is 6.58 Å². The van der Waals surface area contributed by atoms with Crippen LogP contribution in [0.2, 0.25) is 0 Å². The molecule has 0 atom stereocenters. The van der Waals surface area contributed by atoms with Crippen LogP contribution in [0.25, 0.3) is 11.7 Å². The van der Waals surface area contributed by atoms with E-state index in [1.807, 2.05) is 6.08 Å². The summed E-state index contributed by atoms with van der Waals surface area (Å²) in [4.78, 5) is 16.2. The van der Waals surface area contributed by atoms with E-state index in [1.54, 1.807) is 16.8 Å². The van der Waals surface area contributed by atoms with Gasteiger partial charge in [0.15, 0.2) is 5.65 Å². The van der Waals surface area contributed by atoms with Crippen molar-refractivity contribution in [2.24, 2.45) is 0 Å². The minimum Gasteiger partial charge on any atom is -0.367 e. The van der Waals surface area contributed by atoms with Gasteiger partial charge in [0.2, 0.25) is 5.91 Å². The Morgan fingerprint density at radius 2 is 1.97 bits per heavy atom. The Bertz CT molecular complexity index is 1210. The number of anilines is 3. The number of allylic oxidation sites excluding steroid dienone is 1. The van der Waals surface area contributed by atoms with E-state index < -0.39 is 11.6 Å². The number of fused-ring (bicyclic) bond motifs is 1. The van der Waals surface area contributed by atoms with E-state index in [4.69, 9.17) is 0 Å². The second-order valence-electron chi connectivity index (χ2n) is 7.44. The molecule has 0 radical (unpaired) electrons. The number of hydrogen-bond donors (Lipinski definition) is 3. The highest BCUT2D eigenvalue weighted by molar-refractivity contribution is 5.89. The summed E-state index contributed by atoms with van der Waals surface area (Å²) in [5.74, 6) is -0.341. The van der Waals surface area contributed by atoms with Crippen molar-refractivity contribution in [1.29, 1.82) is 0 Å². The van der Waals surface area contributed by atoms with Crippen LogP contribution in [0.5, 0.6) is 0 Å². The van der Waals surface area contributed by atoms with Crippen molar-refractivity contribution in [2.75, 3.05) is 10.6 Å². The summed E-state index contributed by atoms with van der Waals surface area (Å²) < 4.78 is 28.8. The van der Waals surface area contributed by atoms with Crippen LogP contribution >= 0.6 is 0 Å². The molecule has 1 saturated heterocycles. The van der Waals surface area contributed by atoms with Crippen molar-refractivity contribution in [3.63, 3.8) is 0 Å². The molecule has 1 saturated carbocycles. The molecule has 0 bridgehead atoms. The smallest absolute Gasteiger partial charge is 0.228 e. The van der Waals surface area contributed by atoms with E-state index in [2.05, 4.69) is 32.6 Å². The third-order valence-corrected chi connectivity index (χ3v) is 4.92. The number of nitrogens with zero attached hydrogens (tertiary/aromatic N) is 3. The fourth-order valence-corrected chi connectivity index (χ4v) is 3.36. The number of carbonyl (C=O) groups excluding carboxylic acids is 1. The SMILES string of the molecule is C=C1NC(=O)C/C1=C\c1cnn2c(NC3CC3)cc(Nc3cc(F)cc(F)c3)nc12. The first-order valence-electron chi connectivity index (χ1n) is 9.53. The lowest BCUT2D eigenvalue weighted by Crippen LogP contribution is -2.10. The molecule has 0 unspecified atom stereocenters. The highest BCUT2D eigenvalue weighted by atomic mass is 19.1. The Kier molecular flexibility index (Phi) is 4.23. The van der Waals surface area contributed by atoms with Gasteiger partial charge in [0.25, 0.3) is 0 Å². The van der Waals surface area contributed by atoms with Gasteiger partial charge in [-0.15, -0.1) is 0 Å². The zero-order valence-corrected chi connectivity index (χ0v) is 15.9. The van der Waals surface area contributed by atoms with Gasteiger partial charge in [-0.25, -0.2) is 13.8 Å². The van der Waals surface area contributed by atoms with Crippen molar-refractivity contribution < 1.29 is 13.6 Å². The molecule has 3 N–H and O–H groups in total. The van der Waals surface area contributed by atoms with Crippen LogP contribution in [0, 0.1) is 11.6 Å². The zero-order chi connectivity index (χ0) is 20.8. The third kappa shape index (κ3) is 3.61. The number of aromatic nitrogens is 3. The number of nitrogens with one attached hydrogen (secondary N) is 3. The van der Waals surface area contributed by atoms with Crippen LogP contribution in [0.4, 0.5) is 26.1 Å². The van der Waals surface area contributed by atoms with Crippen LogP contribution in [0.1, 0.15) is 24.8 Å². The molecular weight excluding hydrogens is 390 g/mol.